The average Bonchev–Trinajstić information content (AvgIpc) is 2.67. The summed E-state index contributed by atoms with van der Waals surface area (Å²) in [7, 11) is 3.57. The van der Waals surface area contributed by atoms with E-state index in [4.69, 9.17) is 19.9 Å². The summed E-state index contributed by atoms with van der Waals surface area (Å²) < 4.78 is 16.6. The first kappa shape index (κ1) is 19.1. The van der Waals surface area contributed by atoms with E-state index in [1.807, 2.05) is 31.2 Å². The van der Waals surface area contributed by atoms with Crippen LogP contribution in [0.2, 0.25) is 0 Å². The third-order valence-corrected chi connectivity index (χ3v) is 3.45. The molecule has 146 valence electrons. The summed E-state index contributed by atoms with van der Waals surface area (Å²) in [6.45, 7) is 2.75. The summed E-state index contributed by atoms with van der Waals surface area (Å²) >= 11 is 0. The molecule has 0 aliphatic heterocycles. The van der Waals surface area contributed by atoms with Gasteiger partial charge in [-0.3, -0.25) is 0 Å². The number of nitrogens with zero attached hydrogens (tertiary/aromatic N) is 6. The fraction of sp³-hybridized carbons (Fsp3) is 0.278. The maximum atomic E-state index is 5.66. The van der Waals surface area contributed by atoms with Gasteiger partial charge in [0, 0.05) is 26.2 Å². The van der Waals surface area contributed by atoms with Crippen molar-refractivity contribution in [2.45, 2.75) is 6.92 Å². The van der Waals surface area contributed by atoms with Crippen molar-refractivity contribution in [3.05, 3.63) is 42.0 Å². The number of aryl methyl sites for hydroxylation is 1. The smallest absolute Gasteiger partial charge is 0.330 e. The predicted molar refractivity (Wildman–Crippen MR) is 103 cm³/mol. The van der Waals surface area contributed by atoms with Crippen LogP contribution in [0.3, 0.4) is 0 Å². The van der Waals surface area contributed by atoms with E-state index in [9.17, 15) is 0 Å². The van der Waals surface area contributed by atoms with Crippen molar-refractivity contribution in [2.24, 2.45) is 0 Å². The molecule has 0 saturated heterocycles. The van der Waals surface area contributed by atoms with Crippen LogP contribution in [-0.4, -0.2) is 52.5 Å². The summed E-state index contributed by atoms with van der Waals surface area (Å²) in [5, 5.41) is 7.88. The number of benzene rings is 1. The van der Waals surface area contributed by atoms with Crippen molar-refractivity contribution < 1.29 is 14.2 Å². The molecule has 0 amide bonds. The van der Waals surface area contributed by atoms with Crippen molar-refractivity contribution in [1.29, 1.82) is 0 Å². The lowest BCUT2D eigenvalue weighted by Gasteiger charge is -2.11. The molecule has 2 N–H and O–H groups in total. The van der Waals surface area contributed by atoms with E-state index >= 15 is 0 Å². The van der Waals surface area contributed by atoms with E-state index in [0.29, 0.717) is 25.0 Å². The third kappa shape index (κ3) is 5.40. The molecule has 10 heteroatoms. The molecule has 0 saturated carbocycles. The van der Waals surface area contributed by atoms with Crippen LogP contribution in [0.25, 0.3) is 0 Å². The molecular weight excluding hydrogens is 362 g/mol. The first-order valence-corrected chi connectivity index (χ1v) is 8.52. The summed E-state index contributed by atoms with van der Waals surface area (Å²) in [5.41, 5.74) is 6.84. The molecule has 10 nitrogen and oxygen atoms in total. The molecule has 0 aliphatic rings. The van der Waals surface area contributed by atoms with Crippen molar-refractivity contribution in [3.8, 4) is 23.5 Å². The molecular formula is C18H21N7O3. The van der Waals surface area contributed by atoms with Gasteiger partial charge in [0.2, 0.25) is 23.7 Å². The fourth-order valence-electron chi connectivity index (χ4n) is 2.08. The van der Waals surface area contributed by atoms with E-state index in [2.05, 4.69) is 25.1 Å². The van der Waals surface area contributed by atoms with Crippen LogP contribution in [0.15, 0.2) is 36.4 Å². The van der Waals surface area contributed by atoms with E-state index in [-0.39, 0.29) is 17.8 Å². The first-order chi connectivity index (χ1) is 13.5. The molecule has 0 unspecified atom stereocenters. The molecule has 0 spiro atoms. The Kier molecular flexibility index (Phi) is 6.00. The number of nitrogen functional groups attached to an aromatic ring is 1. The number of ether oxygens (including phenoxy) is 3. The third-order valence-electron chi connectivity index (χ3n) is 3.45. The Labute approximate surface area is 162 Å². The van der Waals surface area contributed by atoms with Gasteiger partial charge < -0.3 is 24.8 Å². The molecule has 3 rings (SSSR count). The van der Waals surface area contributed by atoms with Crippen molar-refractivity contribution in [3.63, 3.8) is 0 Å². The zero-order valence-electron chi connectivity index (χ0n) is 15.9. The zero-order valence-corrected chi connectivity index (χ0v) is 15.9. The molecule has 3 aromatic rings. The second-order valence-corrected chi connectivity index (χ2v) is 5.99. The molecule has 0 atom stereocenters. The number of hydrogen-bond donors (Lipinski definition) is 1. The highest BCUT2D eigenvalue weighted by Crippen LogP contribution is 2.18. The van der Waals surface area contributed by atoms with Gasteiger partial charge in [-0.05, 0) is 19.1 Å². The molecule has 0 aliphatic carbocycles. The minimum Gasteiger partial charge on any atom is -0.490 e. The van der Waals surface area contributed by atoms with Gasteiger partial charge in [-0.25, -0.2) is 0 Å². The van der Waals surface area contributed by atoms with Gasteiger partial charge >= 0.3 is 6.01 Å². The molecule has 2 heterocycles. The molecule has 0 fully saturated rings. The van der Waals surface area contributed by atoms with Gasteiger partial charge in [0.25, 0.3) is 0 Å². The SMILES string of the molecule is Cc1ccc(OCCOc2ccc(Oc3nc(N)nc(N(C)C)n3)nn2)cc1. The zero-order chi connectivity index (χ0) is 19.9. The van der Waals surface area contributed by atoms with Crippen LogP contribution in [0.1, 0.15) is 5.56 Å². The normalized spacial score (nSPS) is 10.4. The Morgan fingerprint density at radius 2 is 1.54 bits per heavy atom. The number of rotatable bonds is 8. The van der Waals surface area contributed by atoms with Crippen LogP contribution in [0.4, 0.5) is 11.9 Å². The minimum atomic E-state index is 0.0330. The molecule has 28 heavy (non-hydrogen) atoms. The van der Waals surface area contributed by atoms with Crippen LogP contribution < -0.4 is 24.8 Å². The lowest BCUT2D eigenvalue weighted by Crippen LogP contribution is -2.15. The van der Waals surface area contributed by atoms with E-state index in [1.54, 1.807) is 31.1 Å². The van der Waals surface area contributed by atoms with E-state index in [1.165, 1.54) is 5.56 Å². The second-order valence-electron chi connectivity index (χ2n) is 5.99. The molecule has 2 aromatic heterocycles. The minimum absolute atomic E-state index is 0.0330. The van der Waals surface area contributed by atoms with Gasteiger partial charge in [0.05, 0.1) is 0 Å². The quantitative estimate of drug-likeness (QED) is 0.577. The van der Waals surface area contributed by atoms with Crippen molar-refractivity contribution in [2.75, 3.05) is 37.9 Å². The standard InChI is InChI=1S/C18H21N7O3/c1-12-4-6-13(7-5-12)26-10-11-27-14-8-9-15(24-23-14)28-18-21-16(19)20-17(22-18)25(2)3/h4-9H,10-11H2,1-3H3,(H2,19,20,21,22). The van der Waals surface area contributed by atoms with Gasteiger partial charge in [0.15, 0.2) is 0 Å². The van der Waals surface area contributed by atoms with E-state index < -0.39 is 0 Å². The first-order valence-electron chi connectivity index (χ1n) is 8.52. The van der Waals surface area contributed by atoms with Gasteiger partial charge in [-0.15, -0.1) is 10.2 Å². The molecule has 1 aromatic carbocycles. The summed E-state index contributed by atoms with van der Waals surface area (Å²) in [4.78, 5) is 13.7. The Morgan fingerprint density at radius 3 is 2.21 bits per heavy atom. The number of anilines is 2. The fourth-order valence-corrected chi connectivity index (χ4v) is 2.08. The highest BCUT2D eigenvalue weighted by Gasteiger charge is 2.09. The monoisotopic (exact) mass is 383 g/mol. The Hall–Kier alpha value is -3.69. The van der Waals surface area contributed by atoms with Crippen LogP contribution >= 0.6 is 0 Å². The second kappa shape index (κ2) is 8.80. The Balaban J connectivity index is 1.50. The van der Waals surface area contributed by atoms with Crippen LogP contribution in [-0.2, 0) is 0 Å². The lowest BCUT2D eigenvalue weighted by molar-refractivity contribution is 0.210. The van der Waals surface area contributed by atoms with Gasteiger partial charge in [-0.2, -0.15) is 15.0 Å². The van der Waals surface area contributed by atoms with Crippen LogP contribution in [0.5, 0.6) is 23.5 Å². The summed E-state index contributed by atoms with van der Waals surface area (Å²) in [6.07, 6.45) is 0. The highest BCUT2D eigenvalue weighted by atomic mass is 16.5. The lowest BCUT2D eigenvalue weighted by atomic mass is 10.2. The summed E-state index contributed by atoms with van der Waals surface area (Å²) in [6, 6.07) is 11.1. The Morgan fingerprint density at radius 1 is 0.857 bits per heavy atom. The number of nitrogens with two attached hydrogens (primary N) is 1. The molecule has 0 bridgehead atoms. The van der Waals surface area contributed by atoms with Gasteiger partial charge in [0.1, 0.15) is 19.0 Å². The number of hydrogen-bond acceptors (Lipinski definition) is 10. The van der Waals surface area contributed by atoms with Crippen molar-refractivity contribution in [1.82, 2.24) is 25.1 Å². The van der Waals surface area contributed by atoms with Crippen LogP contribution in [0, 0.1) is 6.92 Å². The average molecular weight is 383 g/mol. The predicted octanol–water partition coefficient (Wildman–Crippen LogP) is 1.87. The van der Waals surface area contributed by atoms with E-state index in [0.717, 1.165) is 5.75 Å². The Bertz CT molecular complexity index is 902. The number of aromatic nitrogens is 5. The maximum Gasteiger partial charge on any atom is 0.330 e. The van der Waals surface area contributed by atoms with Gasteiger partial charge in [-0.1, -0.05) is 17.7 Å². The molecule has 0 radical (unpaired) electrons. The topological polar surface area (TPSA) is 121 Å². The summed E-state index contributed by atoms with van der Waals surface area (Å²) in [5.74, 6) is 1.78. The largest absolute Gasteiger partial charge is 0.490 e. The highest BCUT2D eigenvalue weighted by molar-refractivity contribution is 5.34. The van der Waals surface area contributed by atoms with Crippen molar-refractivity contribution >= 4 is 11.9 Å². The maximum absolute atomic E-state index is 5.66.